The van der Waals surface area contributed by atoms with Gasteiger partial charge in [-0.05, 0) is 79.2 Å². The second kappa shape index (κ2) is 9.90. The number of nitrogens with zero attached hydrogens (tertiary/aromatic N) is 1. The number of carbonyl (C=O) groups excluding carboxylic acids is 2. The first-order valence-electron chi connectivity index (χ1n) is 10.8. The summed E-state index contributed by atoms with van der Waals surface area (Å²) in [5, 5.41) is 11.7. The molecule has 0 aromatic heterocycles. The number of carbonyl (C=O) groups is 3. The minimum atomic E-state index is -1.00. The predicted octanol–water partition coefficient (Wildman–Crippen LogP) is 4.41. The van der Waals surface area contributed by atoms with Crippen molar-refractivity contribution in [2.75, 3.05) is 4.90 Å². The lowest BCUT2D eigenvalue weighted by molar-refractivity contribution is -0.122. The lowest BCUT2D eigenvalue weighted by Crippen LogP contribution is -2.54. The van der Waals surface area contributed by atoms with Crippen LogP contribution in [0.5, 0.6) is 5.75 Å². The van der Waals surface area contributed by atoms with E-state index in [0.29, 0.717) is 17.0 Å². The van der Waals surface area contributed by atoms with Crippen LogP contribution in [0.25, 0.3) is 6.08 Å². The van der Waals surface area contributed by atoms with Crippen LogP contribution in [-0.4, -0.2) is 28.0 Å². The number of amides is 2. The summed E-state index contributed by atoms with van der Waals surface area (Å²) in [5.41, 5.74) is 3.95. The van der Waals surface area contributed by atoms with Crippen molar-refractivity contribution in [3.05, 3.63) is 100 Å². The Hall–Kier alpha value is -4.30. The lowest BCUT2D eigenvalue weighted by Gasteiger charge is -2.29. The minimum Gasteiger partial charge on any atom is -0.488 e. The average Bonchev–Trinajstić information content (AvgIpc) is 2.80. The van der Waals surface area contributed by atoms with Gasteiger partial charge in [-0.3, -0.25) is 19.8 Å². The van der Waals surface area contributed by atoms with Crippen LogP contribution in [-0.2, 0) is 16.2 Å². The van der Waals surface area contributed by atoms with E-state index in [2.05, 4.69) is 5.32 Å². The van der Waals surface area contributed by atoms with Gasteiger partial charge in [-0.15, -0.1) is 0 Å². The number of hydrogen-bond donors (Lipinski definition) is 2. The van der Waals surface area contributed by atoms with Gasteiger partial charge in [-0.25, -0.2) is 4.79 Å². The van der Waals surface area contributed by atoms with Crippen molar-refractivity contribution in [3.8, 4) is 5.75 Å². The first-order chi connectivity index (χ1) is 16.7. The molecule has 0 spiro atoms. The molecule has 1 saturated heterocycles. The third-order valence-electron chi connectivity index (χ3n) is 5.38. The van der Waals surface area contributed by atoms with Gasteiger partial charge in [-0.1, -0.05) is 36.4 Å². The van der Waals surface area contributed by atoms with Gasteiger partial charge >= 0.3 is 5.97 Å². The summed E-state index contributed by atoms with van der Waals surface area (Å²) in [4.78, 5) is 38.4. The zero-order valence-corrected chi connectivity index (χ0v) is 19.9. The molecular formula is C27H22N2O5S. The number of benzene rings is 3. The molecular weight excluding hydrogens is 464 g/mol. The Kier molecular flexibility index (Phi) is 6.75. The highest BCUT2D eigenvalue weighted by Gasteiger charge is 2.34. The number of nitrogens with one attached hydrogen (secondary N) is 1. The predicted molar refractivity (Wildman–Crippen MR) is 136 cm³/mol. The molecule has 4 rings (SSSR count). The normalized spacial score (nSPS) is 14.7. The molecule has 176 valence electrons. The monoisotopic (exact) mass is 486 g/mol. The molecule has 2 amide bonds. The molecule has 1 fully saturated rings. The summed E-state index contributed by atoms with van der Waals surface area (Å²) in [6.07, 6.45) is 1.48. The van der Waals surface area contributed by atoms with Gasteiger partial charge in [0.25, 0.3) is 11.8 Å². The van der Waals surface area contributed by atoms with E-state index in [0.717, 1.165) is 16.7 Å². The number of carboxylic acids is 1. The summed E-state index contributed by atoms with van der Waals surface area (Å²) in [6, 6.07) is 19.0. The van der Waals surface area contributed by atoms with Crippen molar-refractivity contribution in [3.63, 3.8) is 0 Å². The number of thiocarbonyl (C=S) groups is 1. The molecule has 1 aliphatic rings. The van der Waals surface area contributed by atoms with Gasteiger partial charge in [0.2, 0.25) is 0 Å². The number of anilines is 1. The summed E-state index contributed by atoms with van der Waals surface area (Å²) < 4.78 is 5.93. The molecule has 1 heterocycles. The van der Waals surface area contributed by atoms with Crippen molar-refractivity contribution in [1.29, 1.82) is 0 Å². The highest BCUT2D eigenvalue weighted by Crippen LogP contribution is 2.27. The molecule has 8 heteroatoms. The maximum atomic E-state index is 13.4. The van der Waals surface area contributed by atoms with E-state index in [1.54, 1.807) is 36.4 Å². The maximum Gasteiger partial charge on any atom is 0.335 e. The van der Waals surface area contributed by atoms with Crippen LogP contribution in [0.3, 0.4) is 0 Å². The Labute approximate surface area is 207 Å². The zero-order chi connectivity index (χ0) is 25.1. The van der Waals surface area contributed by atoms with Crippen molar-refractivity contribution in [2.45, 2.75) is 20.5 Å². The van der Waals surface area contributed by atoms with E-state index in [1.165, 1.54) is 23.1 Å². The van der Waals surface area contributed by atoms with Crippen molar-refractivity contribution in [1.82, 2.24) is 5.32 Å². The number of ether oxygens (including phenoxy) is 1. The molecule has 3 aromatic carbocycles. The van der Waals surface area contributed by atoms with E-state index >= 15 is 0 Å². The van der Waals surface area contributed by atoms with E-state index in [-0.39, 0.29) is 22.9 Å². The number of aryl methyl sites for hydroxylation is 2. The summed E-state index contributed by atoms with van der Waals surface area (Å²) in [5.74, 6) is -1.64. The van der Waals surface area contributed by atoms with E-state index in [1.807, 2.05) is 32.0 Å². The fourth-order valence-corrected chi connectivity index (χ4v) is 4.04. The van der Waals surface area contributed by atoms with Gasteiger partial charge in [0.05, 0.1) is 11.3 Å². The Morgan fingerprint density at radius 2 is 1.69 bits per heavy atom. The van der Waals surface area contributed by atoms with Crippen LogP contribution >= 0.6 is 12.2 Å². The molecule has 0 bridgehead atoms. The van der Waals surface area contributed by atoms with Crippen molar-refractivity contribution in [2.24, 2.45) is 0 Å². The highest BCUT2D eigenvalue weighted by atomic mass is 32.1. The molecule has 35 heavy (non-hydrogen) atoms. The molecule has 0 aliphatic carbocycles. The fourth-order valence-electron chi connectivity index (χ4n) is 3.76. The van der Waals surface area contributed by atoms with Gasteiger partial charge < -0.3 is 9.84 Å². The second-order valence-electron chi connectivity index (χ2n) is 8.13. The lowest BCUT2D eigenvalue weighted by atomic mass is 10.0. The molecule has 0 unspecified atom stereocenters. The molecule has 3 aromatic rings. The smallest absolute Gasteiger partial charge is 0.335 e. The van der Waals surface area contributed by atoms with Gasteiger partial charge in [-0.2, -0.15) is 0 Å². The van der Waals surface area contributed by atoms with E-state index < -0.39 is 17.8 Å². The van der Waals surface area contributed by atoms with Crippen molar-refractivity contribution >= 4 is 46.9 Å². The largest absolute Gasteiger partial charge is 0.488 e. The summed E-state index contributed by atoms with van der Waals surface area (Å²) in [6.45, 7) is 4.03. The second-order valence-corrected chi connectivity index (χ2v) is 8.52. The van der Waals surface area contributed by atoms with Gasteiger partial charge in [0.15, 0.2) is 5.11 Å². The molecule has 0 atom stereocenters. The number of hydrogen-bond acceptors (Lipinski definition) is 5. The van der Waals surface area contributed by atoms with Gasteiger partial charge in [0.1, 0.15) is 17.9 Å². The van der Waals surface area contributed by atoms with Crippen LogP contribution in [0.4, 0.5) is 5.69 Å². The first-order valence-corrected chi connectivity index (χ1v) is 11.2. The van der Waals surface area contributed by atoms with E-state index in [9.17, 15) is 14.4 Å². The number of para-hydroxylation sites is 1. The SMILES string of the molecule is Cc1cc(C)cc(N2C(=O)/C(=C/c3ccccc3OCc3ccc(C(=O)O)cc3)C(=O)NC2=S)c1. The van der Waals surface area contributed by atoms with Crippen molar-refractivity contribution < 1.29 is 24.2 Å². The standard InChI is InChI=1S/C27H22N2O5S/c1-16-11-17(2)13-21(12-16)29-25(31)22(24(30)28-27(29)35)14-20-5-3-4-6-23(20)34-15-18-7-9-19(10-8-18)26(32)33/h3-14H,15H2,1-2H3,(H,32,33)(H,28,30,35)/b22-14+. The number of aromatic carboxylic acids is 1. The van der Waals surface area contributed by atoms with Crippen LogP contribution in [0.1, 0.15) is 32.6 Å². The van der Waals surface area contributed by atoms with Crippen LogP contribution < -0.4 is 15.0 Å². The quantitative estimate of drug-likeness (QED) is 0.304. The first kappa shape index (κ1) is 23.8. The number of rotatable bonds is 6. The molecule has 0 radical (unpaired) electrons. The number of carboxylic acid groups (broad SMARTS) is 1. The summed E-state index contributed by atoms with van der Waals surface area (Å²) in [7, 11) is 0. The topological polar surface area (TPSA) is 95.9 Å². The fraction of sp³-hybridized carbons (Fsp3) is 0.111. The highest BCUT2D eigenvalue weighted by molar-refractivity contribution is 7.80. The molecule has 2 N–H and O–H groups in total. The average molecular weight is 487 g/mol. The van der Waals surface area contributed by atoms with Crippen LogP contribution in [0.15, 0.2) is 72.3 Å². The van der Waals surface area contributed by atoms with Crippen LogP contribution in [0, 0.1) is 13.8 Å². The molecule has 7 nitrogen and oxygen atoms in total. The molecule has 1 aliphatic heterocycles. The zero-order valence-electron chi connectivity index (χ0n) is 19.1. The van der Waals surface area contributed by atoms with E-state index in [4.69, 9.17) is 22.1 Å². The third-order valence-corrected chi connectivity index (χ3v) is 5.67. The summed E-state index contributed by atoms with van der Waals surface area (Å²) >= 11 is 5.30. The Bertz CT molecular complexity index is 1360. The van der Waals surface area contributed by atoms with Crippen LogP contribution in [0.2, 0.25) is 0 Å². The molecule has 0 saturated carbocycles. The Morgan fingerprint density at radius 3 is 2.34 bits per heavy atom. The Balaban J connectivity index is 1.62. The maximum absolute atomic E-state index is 13.4. The Morgan fingerprint density at radius 1 is 1.03 bits per heavy atom. The van der Waals surface area contributed by atoms with Gasteiger partial charge in [0, 0.05) is 5.56 Å². The third kappa shape index (κ3) is 5.28. The minimum absolute atomic E-state index is 0.0245.